The maximum atomic E-state index is 11.6. The predicted octanol–water partition coefficient (Wildman–Crippen LogP) is 1.02. The Labute approximate surface area is 115 Å². The first kappa shape index (κ1) is 14.5. The molecule has 0 aromatic heterocycles. The Bertz CT molecular complexity index is 528. The van der Waals surface area contributed by atoms with Crippen LogP contribution in [0.2, 0.25) is 0 Å². The van der Waals surface area contributed by atoms with E-state index < -0.39 is 9.84 Å². The van der Waals surface area contributed by atoms with Gasteiger partial charge in [-0.3, -0.25) is 4.90 Å². The molecule has 0 bridgehead atoms. The molecule has 1 N–H and O–H groups in total. The van der Waals surface area contributed by atoms with Crippen molar-refractivity contribution in [2.75, 3.05) is 25.1 Å². The van der Waals surface area contributed by atoms with Gasteiger partial charge in [0.1, 0.15) is 0 Å². The Morgan fingerprint density at radius 1 is 1.32 bits per heavy atom. The van der Waals surface area contributed by atoms with Crippen molar-refractivity contribution in [2.45, 2.75) is 26.1 Å². The van der Waals surface area contributed by atoms with Crippen molar-refractivity contribution >= 4 is 9.84 Å². The molecule has 1 fully saturated rings. The van der Waals surface area contributed by atoms with Crippen LogP contribution in [0.3, 0.4) is 0 Å². The summed E-state index contributed by atoms with van der Waals surface area (Å²) >= 11 is 0. The molecule has 1 atom stereocenters. The lowest BCUT2D eigenvalue weighted by molar-refractivity contribution is 0.217. The van der Waals surface area contributed by atoms with Crippen LogP contribution in [0, 0.1) is 0 Å². The summed E-state index contributed by atoms with van der Waals surface area (Å²) < 4.78 is 23.2. The van der Waals surface area contributed by atoms with Crippen LogP contribution < -0.4 is 5.32 Å². The Hall–Kier alpha value is -0.910. The zero-order valence-electron chi connectivity index (χ0n) is 11.6. The highest BCUT2D eigenvalue weighted by Gasteiger charge is 2.28. The summed E-state index contributed by atoms with van der Waals surface area (Å²) in [6.07, 6.45) is 0. The molecule has 0 radical (unpaired) electrons. The number of benzene rings is 1. The maximum absolute atomic E-state index is 11.6. The molecule has 19 heavy (non-hydrogen) atoms. The molecule has 1 saturated heterocycles. The van der Waals surface area contributed by atoms with Gasteiger partial charge < -0.3 is 5.32 Å². The number of nitrogens with one attached hydrogen (secondary N) is 1. The second kappa shape index (κ2) is 6.03. The molecule has 1 aliphatic rings. The molecule has 1 aromatic rings. The Kier molecular flexibility index (Phi) is 4.60. The van der Waals surface area contributed by atoms with Gasteiger partial charge in [-0.1, -0.05) is 24.3 Å². The number of rotatable bonds is 4. The molecule has 5 heteroatoms. The van der Waals surface area contributed by atoms with E-state index in [-0.39, 0.29) is 17.5 Å². The number of hydrogen-bond acceptors (Lipinski definition) is 4. The second-order valence-corrected chi connectivity index (χ2v) is 7.46. The topological polar surface area (TPSA) is 49.4 Å². The van der Waals surface area contributed by atoms with Crippen LogP contribution >= 0.6 is 0 Å². The van der Waals surface area contributed by atoms with Gasteiger partial charge in [-0.2, -0.15) is 0 Å². The zero-order chi connectivity index (χ0) is 13.9. The van der Waals surface area contributed by atoms with E-state index in [9.17, 15) is 8.42 Å². The van der Waals surface area contributed by atoms with E-state index in [4.69, 9.17) is 0 Å². The summed E-state index contributed by atoms with van der Waals surface area (Å²) in [5.74, 6) is 0.562. The van der Waals surface area contributed by atoms with Crippen LogP contribution in [0.15, 0.2) is 24.3 Å². The van der Waals surface area contributed by atoms with Gasteiger partial charge >= 0.3 is 0 Å². The van der Waals surface area contributed by atoms with Crippen molar-refractivity contribution in [3.8, 4) is 0 Å². The third-order valence-electron chi connectivity index (χ3n) is 3.67. The fourth-order valence-electron chi connectivity index (χ4n) is 2.56. The van der Waals surface area contributed by atoms with Gasteiger partial charge in [-0.05, 0) is 25.1 Å². The number of nitrogens with zero attached hydrogens (tertiary/aromatic N) is 1. The highest BCUT2D eigenvalue weighted by Crippen LogP contribution is 2.17. The van der Waals surface area contributed by atoms with Gasteiger partial charge in [0.15, 0.2) is 9.84 Å². The molecule has 2 rings (SSSR count). The summed E-state index contributed by atoms with van der Waals surface area (Å²) in [5.41, 5.74) is 2.56. The fourth-order valence-corrected chi connectivity index (χ4v) is 4.19. The molecular formula is C14H22N2O2S. The van der Waals surface area contributed by atoms with Crippen molar-refractivity contribution < 1.29 is 8.42 Å². The largest absolute Gasteiger partial charge is 0.316 e. The lowest BCUT2D eigenvalue weighted by Gasteiger charge is -2.33. The van der Waals surface area contributed by atoms with E-state index in [1.165, 1.54) is 11.1 Å². The summed E-state index contributed by atoms with van der Waals surface area (Å²) in [6.45, 7) is 4.31. The minimum Gasteiger partial charge on any atom is -0.316 e. The molecular weight excluding hydrogens is 260 g/mol. The highest BCUT2D eigenvalue weighted by molar-refractivity contribution is 7.91. The van der Waals surface area contributed by atoms with Crippen LogP contribution in [0.5, 0.6) is 0 Å². The second-order valence-electron chi connectivity index (χ2n) is 5.23. The molecule has 1 unspecified atom stereocenters. The van der Waals surface area contributed by atoms with Crippen molar-refractivity contribution in [1.82, 2.24) is 10.2 Å². The van der Waals surface area contributed by atoms with Crippen molar-refractivity contribution in [2.24, 2.45) is 0 Å². The summed E-state index contributed by atoms with van der Waals surface area (Å²) in [7, 11) is -0.894. The van der Waals surface area contributed by atoms with E-state index in [1.54, 1.807) is 0 Å². The van der Waals surface area contributed by atoms with E-state index >= 15 is 0 Å². The Balaban J connectivity index is 2.09. The van der Waals surface area contributed by atoms with Crippen molar-refractivity contribution in [3.05, 3.63) is 35.4 Å². The molecule has 1 heterocycles. The van der Waals surface area contributed by atoms with Crippen molar-refractivity contribution in [3.63, 3.8) is 0 Å². The first-order chi connectivity index (χ1) is 9.02. The van der Waals surface area contributed by atoms with Crippen molar-refractivity contribution in [1.29, 1.82) is 0 Å². The lowest BCUT2D eigenvalue weighted by Crippen LogP contribution is -2.46. The average molecular weight is 282 g/mol. The van der Waals surface area contributed by atoms with Gasteiger partial charge in [-0.15, -0.1) is 0 Å². The van der Waals surface area contributed by atoms with E-state index in [1.807, 2.05) is 26.1 Å². The number of hydrogen-bond donors (Lipinski definition) is 1. The molecule has 0 spiro atoms. The first-order valence-electron chi connectivity index (χ1n) is 6.67. The smallest absolute Gasteiger partial charge is 0.153 e. The standard InChI is InChI=1S/C14H22N2O2S/c1-12-11-19(17,18)8-7-16(12)10-14-6-4-3-5-13(14)9-15-2/h3-6,12,15H,7-11H2,1-2H3. The summed E-state index contributed by atoms with van der Waals surface area (Å²) in [6, 6.07) is 8.43. The van der Waals surface area contributed by atoms with Gasteiger partial charge in [0.2, 0.25) is 0 Å². The van der Waals surface area contributed by atoms with E-state index in [0.717, 1.165) is 13.1 Å². The summed E-state index contributed by atoms with van der Waals surface area (Å²) in [5, 5.41) is 3.17. The Morgan fingerprint density at radius 3 is 2.63 bits per heavy atom. The third-order valence-corrected chi connectivity index (χ3v) is 5.46. The summed E-state index contributed by atoms with van der Waals surface area (Å²) in [4.78, 5) is 2.26. The van der Waals surface area contributed by atoms with Crippen LogP contribution in [0.4, 0.5) is 0 Å². The average Bonchev–Trinajstić information content (AvgIpc) is 2.35. The van der Waals surface area contributed by atoms with Crippen LogP contribution in [0.25, 0.3) is 0 Å². The molecule has 1 aliphatic heterocycles. The fraction of sp³-hybridized carbons (Fsp3) is 0.571. The number of sulfone groups is 1. The predicted molar refractivity (Wildman–Crippen MR) is 77.7 cm³/mol. The highest BCUT2D eigenvalue weighted by atomic mass is 32.2. The monoisotopic (exact) mass is 282 g/mol. The molecule has 0 aliphatic carbocycles. The van der Waals surface area contributed by atoms with Gasteiger partial charge in [0.25, 0.3) is 0 Å². The molecule has 0 saturated carbocycles. The van der Waals surface area contributed by atoms with E-state index in [2.05, 4.69) is 22.3 Å². The molecule has 4 nitrogen and oxygen atoms in total. The normalized spacial score (nSPS) is 23.4. The van der Waals surface area contributed by atoms with Gasteiger partial charge in [-0.25, -0.2) is 8.42 Å². The molecule has 0 amide bonds. The zero-order valence-corrected chi connectivity index (χ0v) is 12.4. The third kappa shape index (κ3) is 3.78. The van der Waals surface area contributed by atoms with Gasteiger partial charge in [0, 0.05) is 25.7 Å². The van der Waals surface area contributed by atoms with Crippen LogP contribution in [0.1, 0.15) is 18.1 Å². The lowest BCUT2D eigenvalue weighted by atomic mass is 10.1. The first-order valence-corrected chi connectivity index (χ1v) is 8.50. The SMILES string of the molecule is CNCc1ccccc1CN1CCS(=O)(=O)CC1C. The van der Waals surface area contributed by atoms with Crippen LogP contribution in [-0.2, 0) is 22.9 Å². The molecule has 106 valence electrons. The maximum Gasteiger partial charge on any atom is 0.153 e. The minimum absolute atomic E-state index is 0.0985. The molecule has 1 aromatic carbocycles. The van der Waals surface area contributed by atoms with E-state index in [0.29, 0.717) is 6.54 Å². The minimum atomic E-state index is -2.83. The Morgan fingerprint density at radius 2 is 2.00 bits per heavy atom. The van der Waals surface area contributed by atoms with Crippen LogP contribution in [-0.4, -0.2) is 44.5 Å². The van der Waals surface area contributed by atoms with Gasteiger partial charge in [0.05, 0.1) is 11.5 Å². The quantitative estimate of drug-likeness (QED) is 0.896.